The van der Waals surface area contributed by atoms with E-state index in [1.54, 1.807) is 31.2 Å². The summed E-state index contributed by atoms with van der Waals surface area (Å²) in [4.78, 5) is 0. The van der Waals surface area contributed by atoms with Crippen molar-refractivity contribution < 1.29 is 13.5 Å². The predicted molar refractivity (Wildman–Crippen MR) is 76.1 cm³/mol. The molecule has 1 N–H and O–H groups in total. The second-order valence-corrected chi connectivity index (χ2v) is 4.72. The first kappa shape index (κ1) is 14.3. The van der Waals surface area contributed by atoms with E-state index in [0.29, 0.717) is 11.3 Å². The minimum absolute atomic E-state index is 0.141. The predicted octanol–water partition coefficient (Wildman–Crippen LogP) is 4.45. The Bertz CT molecular complexity index is 613. The monoisotopic (exact) mass is 277 g/mol. The number of rotatable bonds is 4. The zero-order valence-electron chi connectivity index (χ0n) is 11.7. The summed E-state index contributed by atoms with van der Waals surface area (Å²) in [6, 6.07) is 9.58. The van der Waals surface area contributed by atoms with Crippen LogP contribution in [0.4, 0.5) is 14.5 Å². The van der Waals surface area contributed by atoms with Gasteiger partial charge in [-0.3, -0.25) is 0 Å². The molecule has 2 nitrogen and oxygen atoms in total. The van der Waals surface area contributed by atoms with Crippen molar-refractivity contribution in [2.45, 2.75) is 19.9 Å². The Morgan fingerprint density at radius 3 is 2.40 bits per heavy atom. The molecule has 2 aromatic rings. The molecule has 0 aliphatic carbocycles. The Morgan fingerprint density at radius 2 is 1.80 bits per heavy atom. The van der Waals surface area contributed by atoms with Gasteiger partial charge < -0.3 is 10.1 Å². The molecule has 2 rings (SSSR count). The van der Waals surface area contributed by atoms with E-state index in [1.165, 1.54) is 19.2 Å². The number of benzene rings is 2. The number of ether oxygens (including phenoxy) is 1. The van der Waals surface area contributed by atoms with Crippen molar-refractivity contribution in [1.29, 1.82) is 0 Å². The SMILES string of the molecule is COc1ccc(C(C)Nc2ccc(C)c(F)c2)cc1F. The fourth-order valence-electron chi connectivity index (χ4n) is 1.97. The number of aryl methyl sites for hydroxylation is 1. The number of hydrogen-bond donors (Lipinski definition) is 1. The zero-order chi connectivity index (χ0) is 14.7. The van der Waals surface area contributed by atoms with Gasteiger partial charge in [-0.05, 0) is 49.2 Å². The van der Waals surface area contributed by atoms with E-state index < -0.39 is 5.82 Å². The highest BCUT2D eigenvalue weighted by atomic mass is 19.1. The van der Waals surface area contributed by atoms with Crippen molar-refractivity contribution in [3.8, 4) is 5.75 Å². The third-order valence-corrected chi connectivity index (χ3v) is 3.23. The molecule has 0 amide bonds. The molecule has 2 aromatic carbocycles. The zero-order valence-corrected chi connectivity index (χ0v) is 11.7. The highest BCUT2D eigenvalue weighted by molar-refractivity contribution is 5.47. The molecule has 0 fully saturated rings. The number of nitrogens with one attached hydrogen (secondary N) is 1. The molecular formula is C16H17F2NO. The molecule has 0 aliphatic heterocycles. The van der Waals surface area contributed by atoms with E-state index in [0.717, 1.165) is 5.56 Å². The highest BCUT2D eigenvalue weighted by Crippen LogP contribution is 2.25. The molecule has 0 radical (unpaired) electrons. The van der Waals surface area contributed by atoms with Crippen LogP contribution >= 0.6 is 0 Å². The Hall–Kier alpha value is -2.10. The summed E-state index contributed by atoms with van der Waals surface area (Å²) in [6.45, 7) is 3.60. The molecule has 0 aromatic heterocycles. The normalized spacial score (nSPS) is 12.1. The third kappa shape index (κ3) is 3.07. The van der Waals surface area contributed by atoms with E-state index in [1.807, 2.05) is 6.92 Å². The van der Waals surface area contributed by atoms with E-state index in [9.17, 15) is 8.78 Å². The summed E-state index contributed by atoms with van der Waals surface area (Å²) in [5, 5.41) is 3.14. The van der Waals surface area contributed by atoms with Gasteiger partial charge in [0.15, 0.2) is 11.6 Å². The summed E-state index contributed by atoms with van der Waals surface area (Å²) in [5.41, 5.74) is 2.03. The van der Waals surface area contributed by atoms with Crippen molar-refractivity contribution in [3.63, 3.8) is 0 Å². The van der Waals surface area contributed by atoms with Crippen LogP contribution in [0.3, 0.4) is 0 Å². The maximum Gasteiger partial charge on any atom is 0.165 e. The topological polar surface area (TPSA) is 21.3 Å². The smallest absolute Gasteiger partial charge is 0.165 e. The minimum Gasteiger partial charge on any atom is -0.494 e. The average molecular weight is 277 g/mol. The van der Waals surface area contributed by atoms with E-state index in [2.05, 4.69) is 5.32 Å². The number of anilines is 1. The first-order chi connectivity index (χ1) is 9.51. The number of halogens is 2. The molecule has 1 unspecified atom stereocenters. The quantitative estimate of drug-likeness (QED) is 0.891. The van der Waals surface area contributed by atoms with Gasteiger partial charge in [-0.15, -0.1) is 0 Å². The van der Waals surface area contributed by atoms with Crippen LogP contribution in [0.25, 0.3) is 0 Å². The van der Waals surface area contributed by atoms with Crippen molar-refractivity contribution in [3.05, 3.63) is 59.2 Å². The van der Waals surface area contributed by atoms with Crippen molar-refractivity contribution in [2.75, 3.05) is 12.4 Å². The van der Waals surface area contributed by atoms with Gasteiger partial charge in [0.2, 0.25) is 0 Å². The molecule has 0 heterocycles. The van der Waals surface area contributed by atoms with Crippen LogP contribution in [0.5, 0.6) is 5.75 Å². The van der Waals surface area contributed by atoms with Gasteiger partial charge in [0.25, 0.3) is 0 Å². The van der Waals surface area contributed by atoms with Gasteiger partial charge >= 0.3 is 0 Å². The van der Waals surface area contributed by atoms with Crippen LogP contribution in [0.1, 0.15) is 24.1 Å². The maximum atomic E-state index is 13.7. The van der Waals surface area contributed by atoms with Crippen LogP contribution < -0.4 is 10.1 Å². The van der Waals surface area contributed by atoms with Gasteiger partial charge in [0.1, 0.15) is 5.82 Å². The summed E-state index contributed by atoms with van der Waals surface area (Å²) in [6.07, 6.45) is 0. The third-order valence-electron chi connectivity index (χ3n) is 3.23. The van der Waals surface area contributed by atoms with Gasteiger partial charge in [-0.2, -0.15) is 0 Å². The minimum atomic E-state index is -0.409. The lowest BCUT2D eigenvalue weighted by Crippen LogP contribution is -2.07. The molecule has 4 heteroatoms. The summed E-state index contributed by atoms with van der Waals surface area (Å²) >= 11 is 0. The van der Waals surface area contributed by atoms with Crippen molar-refractivity contribution in [1.82, 2.24) is 0 Å². The van der Waals surface area contributed by atoms with Gasteiger partial charge in [-0.25, -0.2) is 8.78 Å². The van der Waals surface area contributed by atoms with Crippen LogP contribution in [-0.2, 0) is 0 Å². The second-order valence-electron chi connectivity index (χ2n) is 4.72. The van der Waals surface area contributed by atoms with Crippen molar-refractivity contribution in [2.24, 2.45) is 0 Å². The first-order valence-corrected chi connectivity index (χ1v) is 6.37. The second kappa shape index (κ2) is 5.90. The van der Waals surface area contributed by atoms with Gasteiger partial charge in [0.05, 0.1) is 7.11 Å². The fraction of sp³-hybridized carbons (Fsp3) is 0.250. The number of hydrogen-bond acceptors (Lipinski definition) is 2. The molecule has 20 heavy (non-hydrogen) atoms. The number of methoxy groups -OCH3 is 1. The van der Waals surface area contributed by atoms with Crippen molar-refractivity contribution >= 4 is 5.69 Å². The molecule has 106 valence electrons. The van der Waals surface area contributed by atoms with Gasteiger partial charge in [0, 0.05) is 11.7 Å². The summed E-state index contributed by atoms with van der Waals surface area (Å²) < 4.78 is 32.0. The average Bonchev–Trinajstić information content (AvgIpc) is 2.42. The Labute approximate surface area is 117 Å². The standard InChI is InChI=1S/C16H17F2NO/c1-10-4-6-13(9-14(10)17)19-11(2)12-5-7-16(20-3)15(18)8-12/h4-9,11,19H,1-3H3. The van der Waals surface area contributed by atoms with Crippen LogP contribution in [0.15, 0.2) is 36.4 Å². The fourth-order valence-corrected chi connectivity index (χ4v) is 1.97. The molecule has 0 bridgehead atoms. The lowest BCUT2D eigenvalue weighted by Gasteiger charge is -2.17. The summed E-state index contributed by atoms with van der Waals surface area (Å²) in [5.74, 6) is -0.459. The van der Waals surface area contributed by atoms with Crippen LogP contribution in [0.2, 0.25) is 0 Å². The Morgan fingerprint density at radius 1 is 1.05 bits per heavy atom. The van der Waals surface area contributed by atoms with E-state index in [4.69, 9.17) is 4.74 Å². The maximum absolute atomic E-state index is 13.7. The molecule has 0 spiro atoms. The lowest BCUT2D eigenvalue weighted by atomic mass is 10.1. The largest absolute Gasteiger partial charge is 0.494 e. The van der Waals surface area contributed by atoms with E-state index >= 15 is 0 Å². The Balaban J connectivity index is 2.17. The molecular weight excluding hydrogens is 260 g/mol. The molecule has 1 atom stereocenters. The van der Waals surface area contributed by atoms with E-state index in [-0.39, 0.29) is 17.6 Å². The molecule has 0 saturated carbocycles. The van der Waals surface area contributed by atoms with Crippen LogP contribution in [0, 0.1) is 18.6 Å². The Kier molecular flexibility index (Phi) is 4.23. The molecule has 0 saturated heterocycles. The van der Waals surface area contributed by atoms with Crippen LogP contribution in [-0.4, -0.2) is 7.11 Å². The lowest BCUT2D eigenvalue weighted by molar-refractivity contribution is 0.386. The first-order valence-electron chi connectivity index (χ1n) is 6.37. The van der Waals surface area contributed by atoms with Gasteiger partial charge in [-0.1, -0.05) is 12.1 Å². The summed E-state index contributed by atoms with van der Waals surface area (Å²) in [7, 11) is 1.43. The molecule has 0 aliphatic rings. The highest BCUT2D eigenvalue weighted by Gasteiger charge is 2.10.